The van der Waals surface area contributed by atoms with E-state index in [4.69, 9.17) is 10.5 Å². The van der Waals surface area contributed by atoms with E-state index in [1.165, 1.54) is 12.1 Å². The maximum Gasteiger partial charge on any atom is 0.416 e. The minimum absolute atomic E-state index is 0.0519. The number of quaternary nitrogens is 1. The van der Waals surface area contributed by atoms with E-state index in [2.05, 4.69) is 0 Å². The van der Waals surface area contributed by atoms with Gasteiger partial charge in [-0.3, -0.25) is 9.28 Å². The van der Waals surface area contributed by atoms with Gasteiger partial charge in [0, 0.05) is 0 Å². The first kappa shape index (κ1) is 16.8. The highest BCUT2D eigenvalue weighted by atomic mass is 19.4. The van der Waals surface area contributed by atoms with E-state index in [9.17, 15) is 18.0 Å². The third kappa shape index (κ3) is 2.88. The maximum absolute atomic E-state index is 12.9. The quantitative estimate of drug-likeness (QED) is 0.842. The molecule has 7 heteroatoms. The van der Waals surface area contributed by atoms with Crippen LogP contribution in [0.1, 0.15) is 30.4 Å². The lowest BCUT2D eigenvalue weighted by Gasteiger charge is -2.40. The Bertz CT molecular complexity index is 691. The predicted molar refractivity (Wildman–Crippen MR) is 82.2 cm³/mol. The number of piperidine rings is 1. The Balaban J connectivity index is 1.92. The Kier molecular flexibility index (Phi) is 4.07. The molecule has 24 heavy (non-hydrogen) atoms. The summed E-state index contributed by atoms with van der Waals surface area (Å²) < 4.78 is 44.8. The molecule has 130 valence electrons. The molecule has 1 saturated heterocycles. The standard InChI is InChI=1S/C17H19F3N2O2/c1-22(8-3-2-4-9-22)16-14(23)13(15(21)24-16)11-6-5-7-12(10-11)17(18,19)20/h5-7,10,16H,2-4,8-9H2,1H3,(H-,21,23)/p+1. The van der Waals surface area contributed by atoms with Gasteiger partial charge in [0.1, 0.15) is 0 Å². The number of carbonyl (C=O) groups excluding carboxylic acids is 1. The minimum Gasteiger partial charge on any atom is -0.420 e. The zero-order valence-electron chi connectivity index (χ0n) is 13.4. The number of ketones is 1. The summed E-state index contributed by atoms with van der Waals surface area (Å²) in [4.78, 5) is 12.8. The van der Waals surface area contributed by atoms with E-state index in [1.54, 1.807) is 0 Å². The average molecular weight is 341 g/mol. The van der Waals surface area contributed by atoms with E-state index in [0.29, 0.717) is 4.48 Å². The largest absolute Gasteiger partial charge is 0.420 e. The number of hydrogen-bond donors (Lipinski definition) is 1. The second-order valence-electron chi connectivity index (χ2n) is 6.64. The van der Waals surface area contributed by atoms with Crippen LogP contribution in [-0.4, -0.2) is 36.6 Å². The van der Waals surface area contributed by atoms with Crippen LogP contribution in [0.4, 0.5) is 13.2 Å². The van der Waals surface area contributed by atoms with Crippen LogP contribution in [0.5, 0.6) is 0 Å². The first-order valence-electron chi connectivity index (χ1n) is 7.95. The van der Waals surface area contributed by atoms with Crippen LogP contribution in [-0.2, 0) is 15.7 Å². The van der Waals surface area contributed by atoms with E-state index >= 15 is 0 Å². The highest BCUT2D eigenvalue weighted by molar-refractivity contribution is 6.24. The van der Waals surface area contributed by atoms with Crippen molar-refractivity contribution in [2.24, 2.45) is 5.73 Å². The van der Waals surface area contributed by atoms with Gasteiger partial charge in [-0.1, -0.05) is 12.1 Å². The van der Waals surface area contributed by atoms with Gasteiger partial charge >= 0.3 is 6.18 Å². The summed E-state index contributed by atoms with van der Waals surface area (Å²) in [5.74, 6) is -0.425. The average Bonchev–Trinajstić information content (AvgIpc) is 2.83. The smallest absolute Gasteiger partial charge is 0.416 e. The Morgan fingerprint density at radius 1 is 1.21 bits per heavy atom. The van der Waals surface area contributed by atoms with Crippen molar-refractivity contribution in [3.8, 4) is 0 Å². The summed E-state index contributed by atoms with van der Waals surface area (Å²) in [5, 5.41) is 0. The Hall–Kier alpha value is -2.02. The second-order valence-corrected chi connectivity index (χ2v) is 6.64. The Morgan fingerprint density at radius 3 is 2.50 bits per heavy atom. The first-order valence-corrected chi connectivity index (χ1v) is 7.95. The van der Waals surface area contributed by atoms with E-state index in [1.807, 2.05) is 7.05 Å². The van der Waals surface area contributed by atoms with Gasteiger partial charge < -0.3 is 10.5 Å². The molecule has 2 aliphatic rings. The lowest BCUT2D eigenvalue weighted by Crippen LogP contribution is -2.58. The summed E-state index contributed by atoms with van der Waals surface area (Å²) in [6.07, 6.45) is -2.16. The molecule has 2 aliphatic heterocycles. The molecule has 0 spiro atoms. The van der Waals surface area contributed by atoms with E-state index < -0.39 is 18.0 Å². The normalized spacial score (nSPS) is 24.2. The number of alkyl halides is 3. The molecular formula is C17H20F3N2O2+. The highest BCUT2D eigenvalue weighted by Crippen LogP contribution is 2.36. The van der Waals surface area contributed by atoms with Crippen LogP contribution < -0.4 is 5.73 Å². The molecule has 0 amide bonds. The molecule has 2 heterocycles. The Labute approximate surface area is 138 Å². The van der Waals surface area contributed by atoms with Gasteiger partial charge in [0.15, 0.2) is 0 Å². The van der Waals surface area contributed by atoms with Crippen LogP contribution in [0.3, 0.4) is 0 Å². The number of nitrogens with two attached hydrogens (primary N) is 1. The van der Waals surface area contributed by atoms with Crippen molar-refractivity contribution in [2.45, 2.75) is 31.7 Å². The van der Waals surface area contributed by atoms with E-state index in [-0.39, 0.29) is 22.8 Å². The number of likely N-dealkylation sites (tertiary alicyclic amines) is 1. The van der Waals surface area contributed by atoms with Crippen LogP contribution in [0.15, 0.2) is 30.1 Å². The number of halogens is 3. The molecule has 4 nitrogen and oxygen atoms in total. The van der Waals surface area contributed by atoms with Crippen molar-refractivity contribution in [3.05, 3.63) is 41.3 Å². The van der Waals surface area contributed by atoms with Gasteiger partial charge in [-0.2, -0.15) is 13.2 Å². The number of Topliss-reactive ketones (excluding diaryl/α,β-unsaturated/α-hetero) is 1. The topological polar surface area (TPSA) is 52.3 Å². The third-order valence-electron chi connectivity index (χ3n) is 4.84. The molecule has 0 bridgehead atoms. The SMILES string of the molecule is C[N+]1(C2OC(N)=C(c3cccc(C(F)(F)F)c3)C2=O)CCCCC1. The predicted octanol–water partition coefficient (Wildman–Crippen LogP) is 2.89. The number of benzene rings is 1. The monoisotopic (exact) mass is 341 g/mol. The summed E-state index contributed by atoms with van der Waals surface area (Å²) in [7, 11) is 1.93. The second kappa shape index (κ2) is 5.81. The van der Waals surface area contributed by atoms with Gasteiger partial charge in [-0.15, -0.1) is 0 Å². The third-order valence-corrected chi connectivity index (χ3v) is 4.84. The number of hydrogen-bond acceptors (Lipinski definition) is 3. The zero-order chi connectivity index (χ0) is 17.5. The summed E-state index contributed by atoms with van der Waals surface area (Å²) >= 11 is 0. The van der Waals surface area contributed by atoms with Gasteiger partial charge in [-0.05, 0) is 37.0 Å². The number of carbonyl (C=O) groups is 1. The molecule has 1 fully saturated rings. The molecular weight excluding hydrogens is 321 g/mol. The fraction of sp³-hybridized carbons (Fsp3) is 0.471. The number of rotatable bonds is 2. The molecule has 0 radical (unpaired) electrons. The van der Waals surface area contributed by atoms with Crippen LogP contribution in [0, 0.1) is 0 Å². The van der Waals surface area contributed by atoms with E-state index in [0.717, 1.165) is 44.5 Å². The molecule has 0 aromatic heterocycles. The van der Waals surface area contributed by atoms with Gasteiger partial charge in [-0.25, -0.2) is 0 Å². The lowest BCUT2D eigenvalue weighted by atomic mass is 9.98. The fourth-order valence-electron chi connectivity index (χ4n) is 3.49. The van der Waals surface area contributed by atoms with Crippen molar-refractivity contribution < 1.29 is 27.2 Å². The molecule has 1 unspecified atom stereocenters. The number of likely N-dealkylation sites (N-methyl/N-ethyl adjacent to an activating group) is 1. The highest BCUT2D eigenvalue weighted by Gasteiger charge is 2.48. The summed E-state index contributed by atoms with van der Waals surface area (Å²) in [5.41, 5.74) is 5.25. The van der Waals surface area contributed by atoms with Crippen molar-refractivity contribution in [3.63, 3.8) is 0 Å². The molecule has 0 saturated carbocycles. The van der Waals surface area contributed by atoms with Gasteiger partial charge in [0.25, 0.3) is 12.0 Å². The summed E-state index contributed by atoms with van der Waals surface area (Å²) in [6.45, 7) is 1.58. The van der Waals surface area contributed by atoms with Crippen molar-refractivity contribution in [1.82, 2.24) is 0 Å². The molecule has 0 aliphatic carbocycles. The van der Waals surface area contributed by atoms with Gasteiger partial charge in [0.2, 0.25) is 5.88 Å². The number of nitrogens with zero attached hydrogens (tertiary/aromatic N) is 1. The zero-order valence-corrected chi connectivity index (χ0v) is 13.4. The Morgan fingerprint density at radius 2 is 1.88 bits per heavy atom. The van der Waals surface area contributed by atoms with Crippen LogP contribution in [0.2, 0.25) is 0 Å². The minimum atomic E-state index is -4.47. The maximum atomic E-state index is 12.9. The molecule has 1 aromatic carbocycles. The molecule has 2 N–H and O–H groups in total. The molecule has 1 aromatic rings. The molecule has 1 atom stereocenters. The van der Waals surface area contributed by atoms with Crippen molar-refractivity contribution >= 4 is 11.4 Å². The number of ether oxygens (including phenoxy) is 1. The first-order chi connectivity index (χ1) is 11.2. The van der Waals surface area contributed by atoms with Crippen molar-refractivity contribution in [2.75, 3.05) is 20.1 Å². The fourth-order valence-corrected chi connectivity index (χ4v) is 3.49. The van der Waals surface area contributed by atoms with Crippen LogP contribution in [0.25, 0.3) is 5.57 Å². The van der Waals surface area contributed by atoms with Gasteiger partial charge in [0.05, 0.1) is 31.3 Å². The molecule has 3 rings (SSSR count). The summed E-state index contributed by atoms with van der Waals surface area (Å²) in [6, 6.07) is 4.64. The van der Waals surface area contributed by atoms with Crippen LogP contribution >= 0.6 is 0 Å². The van der Waals surface area contributed by atoms with Crippen molar-refractivity contribution in [1.29, 1.82) is 0 Å². The lowest BCUT2D eigenvalue weighted by molar-refractivity contribution is -0.946.